The molecule has 0 aromatic heterocycles. The van der Waals surface area contributed by atoms with E-state index in [1.807, 2.05) is 33.3 Å². The number of quaternary nitrogens is 1. The number of ether oxygens (including phenoxy) is 1. The Bertz CT molecular complexity index is 1670. The van der Waals surface area contributed by atoms with Crippen LogP contribution in [0.25, 0.3) is 0 Å². The van der Waals surface area contributed by atoms with Crippen molar-refractivity contribution in [3.8, 4) is 0 Å². The Morgan fingerprint density at radius 1 is 0.443 bits per heavy atom. The van der Waals surface area contributed by atoms with Gasteiger partial charge in [-0.1, -0.05) is 253 Å². The number of phosphoric ester groups is 1. The number of hydrogen-bond donors (Lipinski definition) is 2. The molecule has 0 aromatic rings. The van der Waals surface area contributed by atoms with E-state index in [-0.39, 0.29) is 31.5 Å². The van der Waals surface area contributed by atoms with Gasteiger partial charge in [-0.25, -0.2) is 4.57 Å². The highest BCUT2D eigenvalue weighted by molar-refractivity contribution is 7.47. The van der Waals surface area contributed by atoms with Crippen LogP contribution < -0.4 is 5.32 Å². The lowest BCUT2D eigenvalue weighted by Gasteiger charge is -2.27. The number of rotatable bonds is 58. The molecule has 0 aromatic carbocycles. The van der Waals surface area contributed by atoms with E-state index in [0.717, 1.165) is 89.9 Å². The van der Waals surface area contributed by atoms with Crippen LogP contribution in [0.15, 0.2) is 97.2 Å². The van der Waals surface area contributed by atoms with Gasteiger partial charge >= 0.3 is 13.8 Å². The predicted molar refractivity (Wildman–Crippen MR) is 341 cm³/mol. The maximum absolute atomic E-state index is 13.6. The smallest absolute Gasteiger partial charge is 0.456 e. The summed E-state index contributed by atoms with van der Waals surface area (Å²) in [6, 6.07) is -0.878. The molecule has 0 rings (SSSR count). The van der Waals surface area contributed by atoms with Crippen LogP contribution >= 0.6 is 7.82 Å². The van der Waals surface area contributed by atoms with Crippen LogP contribution in [0.2, 0.25) is 0 Å². The zero-order valence-corrected chi connectivity index (χ0v) is 53.0. The number of hydrogen-bond acceptors (Lipinski definition) is 6. The van der Waals surface area contributed by atoms with Crippen LogP contribution in [0.4, 0.5) is 0 Å². The molecule has 2 N–H and O–H groups in total. The maximum Gasteiger partial charge on any atom is 0.472 e. The van der Waals surface area contributed by atoms with Crippen molar-refractivity contribution in [2.75, 3.05) is 40.9 Å². The molecular weight excluding hydrogens is 1000 g/mol. The van der Waals surface area contributed by atoms with E-state index in [1.54, 1.807) is 0 Å². The summed E-state index contributed by atoms with van der Waals surface area (Å²) in [5, 5.41) is 3.05. The zero-order valence-electron chi connectivity index (χ0n) is 52.1. The van der Waals surface area contributed by atoms with Gasteiger partial charge in [0.25, 0.3) is 0 Å². The average molecular weight is 1120 g/mol. The number of phosphoric acid groups is 1. The molecule has 0 saturated carbocycles. The fraction of sp³-hybridized carbons (Fsp3) is 0.739. The molecule has 0 bridgehead atoms. The second-order valence-corrected chi connectivity index (χ2v) is 24.4. The molecular formula is C69H124N2O7P+. The lowest BCUT2D eigenvalue weighted by atomic mass is 10.0. The van der Waals surface area contributed by atoms with Gasteiger partial charge in [-0.05, 0) is 109 Å². The molecule has 3 atom stereocenters. The number of carbonyl (C=O) groups excluding carboxylic acids is 2. The standard InChI is InChI=1S/C69H123N2O7P/c1-7-10-13-16-19-22-25-28-30-32-33-34-35-36-37-39-40-43-46-49-52-55-58-61-68(72)70-66(65-77-79(74,75)76-64-63-71(4,5)6)67(60-57-54-51-48-45-42-27-24-21-18-15-12-9-3)78-69(73)62-59-56-53-50-47-44-41-38-31-29-26-23-20-17-14-11-8-2/h19-20,22-23,28-31,33-34,41,44,50,53,57,60,66-67H,7-18,21,24-27,32,35-40,42-43,45-49,51-52,54-56,58-59,61-65H2,1-6H3,(H-,70,72,74,75)/p+1/b22-19-,23-20-,30-28-,31-29-,34-33-,44-41-,53-50-,60-57-. The molecule has 456 valence electrons. The number of unbranched alkanes of at least 4 members (excludes halogenated alkanes) is 28. The summed E-state index contributed by atoms with van der Waals surface area (Å²) in [5.41, 5.74) is 0. The van der Waals surface area contributed by atoms with Crippen molar-refractivity contribution in [3.05, 3.63) is 97.2 Å². The SMILES string of the molecule is CCCCC/C=C\C/C=C\C/C=C\C/C=C\CCCC(=O)OC(/C=C\CCCCCCCCCCCCC)C(COP(=O)(O)OCC[N+](C)(C)C)NC(=O)CCCCCCCCCCCC/C=C\C/C=C\C/C=C\CCCCC. The number of carbonyl (C=O) groups is 2. The topological polar surface area (TPSA) is 111 Å². The highest BCUT2D eigenvalue weighted by Crippen LogP contribution is 2.43. The molecule has 0 aliphatic rings. The van der Waals surface area contributed by atoms with E-state index < -0.39 is 20.0 Å². The normalized spacial score (nSPS) is 14.3. The number of likely N-dealkylation sites (N-methyl/N-ethyl adjacent to an activating group) is 1. The lowest BCUT2D eigenvalue weighted by Crippen LogP contribution is -2.47. The number of amides is 1. The molecule has 0 radical (unpaired) electrons. The van der Waals surface area contributed by atoms with E-state index in [9.17, 15) is 19.0 Å². The Labute approximate surface area is 488 Å². The Balaban J connectivity index is 5.29. The third-order valence-corrected chi connectivity index (χ3v) is 15.0. The van der Waals surface area contributed by atoms with Crippen molar-refractivity contribution in [1.82, 2.24) is 5.32 Å². The van der Waals surface area contributed by atoms with Crippen molar-refractivity contribution in [1.29, 1.82) is 0 Å². The van der Waals surface area contributed by atoms with E-state index in [2.05, 4.69) is 111 Å². The third kappa shape index (κ3) is 59.4. The van der Waals surface area contributed by atoms with Gasteiger partial charge in [0.15, 0.2) is 0 Å². The average Bonchev–Trinajstić information content (AvgIpc) is 3.41. The molecule has 0 aliphatic heterocycles. The molecule has 0 aliphatic carbocycles. The Hall–Kier alpha value is -3.07. The molecule has 0 heterocycles. The van der Waals surface area contributed by atoms with Crippen LogP contribution in [-0.4, -0.2) is 74.3 Å². The van der Waals surface area contributed by atoms with Crippen LogP contribution in [0.1, 0.15) is 278 Å². The van der Waals surface area contributed by atoms with Gasteiger partial charge in [-0.15, -0.1) is 0 Å². The maximum atomic E-state index is 13.6. The molecule has 1 amide bonds. The first-order valence-electron chi connectivity index (χ1n) is 32.6. The molecule has 79 heavy (non-hydrogen) atoms. The summed E-state index contributed by atoms with van der Waals surface area (Å²) in [6.45, 7) is 6.92. The first-order valence-corrected chi connectivity index (χ1v) is 34.1. The summed E-state index contributed by atoms with van der Waals surface area (Å²) in [7, 11) is 1.46. The highest BCUT2D eigenvalue weighted by Gasteiger charge is 2.30. The van der Waals surface area contributed by atoms with E-state index in [1.165, 1.54) is 148 Å². The largest absolute Gasteiger partial charge is 0.472 e. The molecule has 0 fully saturated rings. The summed E-state index contributed by atoms with van der Waals surface area (Å²) in [6.07, 6.45) is 78.4. The summed E-state index contributed by atoms with van der Waals surface area (Å²) < 4.78 is 30.7. The number of nitrogens with zero attached hydrogens (tertiary/aromatic N) is 1. The van der Waals surface area contributed by atoms with Crippen LogP contribution in [0.3, 0.4) is 0 Å². The van der Waals surface area contributed by atoms with Crippen LogP contribution in [0.5, 0.6) is 0 Å². The first-order chi connectivity index (χ1) is 38.4. The van der Waals surface area contributed by atoms with Gasteiger partial charge in [0, 0.05) is 12.8 Å². The summed E-state index contributed by atoms with van der Waals surface area (Å²) in [5.74, 6) is -0.575. The monoisotopic (exact) mass is 1120 g/mol. The number of esters is 1. The van der Waals surface area contributed by atoms with E-state index in [0.29, 0.717) is 23.9 Å². The minimum absolute atomic E-state index is 0.0271. The van der Waals surface area contributed by atoms with Gasteiger partial charge in [0.2, 0.25) is 5.91 Å². The highest BCUT2D eigenvalue weighted by atomic mass is 31.2. The second kappa shape index (κ2) is 58.1. The molecule has 9 nitrogen and oxygen atoms in total. The summed E-state index contributed by atoms with van der Waals surface area (Å²) in [4.78, 5) is 37.8. The lowest BCUT2D eigenvalue weighted by molar-refractivity contribution is -0.870. The molecule has 3 unspecified atom stereocenters. The van der Waals surface area contributed by atoms with Gasteiger partial charge in [-0.3, -0.25) is 18.6 Å². The van der Waals surface area contributed by atoms with Crippen LogP contribution in [0, 0.1) is 0 Å². The fourth-order valence-corrected chi connectivity index (χ4v) is 9.68. The van der Waals surface area contributed by atoms with E-state index >= 15 is 0 Å². The van der Waals surface area contributed by atoms with Crippen molar-refractivity contribution >= 4 is 19.7 Å². The predicted octanol–water partition coefficient (Wildman–Crippen LogP) is 20.3. The minimum Gasteiger partial charge on any atom is -0.456 e. The first kappa shape index (κ1) is 75.9. The molecule has 0 saturated heterocycles. The van der Waals surface area contributed by atoms with Crippen molar-refractivity contribution in [2.45, 2.75) is 290 Å². The Morgan fingerprint density at radius 2 is 0.785 bits per heavy atom. The Kier molecular flexibility index (Phi) is 55.9. The third-order valence-electron chi connectivity index (χ3n) is 14.0. The quantitative estimate of drug-likeness (QED) is 0.0205. The van der Waals surface area contributed by atoms with Gasteiger partial charge in [0.05, 0.1) is 33.8 Å². The molecule has 10 heteroatoms. The fourth-order valence-electron chi connectivity index (χ4n) is 8.94. The van der Waals surface area contributed by atoms with Crippen molar-refractivity contribution < 1.29 is 37.3 Å². The van der Waals surface area contributed by atoms with Gasteiger partial charge < -0.3 is 19.4 Å². The van der Waals surface area contributed by atoms with Gasteiger partial charge in [0.1, 0.15) is 19.3 Å². The van der Waals surface area contributed by atoms with Crippen LogP contribution in [-0.2, 0) is 27.9 Å². The number of nitrogens with one attached hydrogen (secondary N) is 1. The van der Waals surface area contributed by atoms with Crippen molar-refractivity contribution in [2.24, 2.45) is 0 Å². The van der Waals surface area contributed by atoms with Crippen molar-refractivity contribution in [3.63, 3.8) is 0 Å². The second-order valence-electron chi connectivity index (χ2n) is 22.9. The van der Waals surface area contributed by atoms with Gasteiger partial charge in [-0.2, -0.15) is 0 Å². The minimum atomic E-state index is -4.47. The Morgan fingerprint density at radius 3 is 1.20 bits per heavy atom. The zero-order chi connectivity index (χ0) is 57.9. The number of allylic oxidation sites excluding steroid dienone is 15. The van der Waals surface area contributed by atoms with E-state index in [4.69, 9.17) is 13.8 Å². The molecule has 0 spiro atoms. The summed E-state index contributed by atoms with van der Waals surface area (Å²) >= 11 is 0.